The first-order valence-corrected chi connectivity index (χ1v) is 5.63. The lowest BCUT2D eigenvalue weighted by atomic mass is 10.3. The minimum absolute atomic E-state index is 0.223. The molecule has 3 rings (SSSR count). The molecule has 0 amide bonds. The van der Waals surface area contributed by atoms with Crippen LogP contribution < -0.4 is 5.32 Å². The predicted molar refractivity (Wildman–Crippen MR) is 66.1 cm³/mol. The van der Waals surface area contributed by atoms with Gasteiger partial charge in [0.1, 0.15) is 17.8 Å². The number of nitrogens with zero attached hydrogens (tertiary/aromatic N) is 4. The van der Waals surface area contributed by atoms with Crippen molar-refractivity contribution in [1.82, 2.24) is 19.7 Å². The van der Waals surface area contributed by atoms with Crippen molar-refractivity contribution in [1.29, 1.82) is 0 Å². The number of fused-ring (bicyclic) bond motifs is 1. The van der Waals surface area contributed by atoms with Gasteiger partial charge in [-0.3, -0.25) is 0 Å². The number of anilines is 1. The molecule has 0 saturated heterocycles. The third-order valence-corrected chi connectivity index (χ3v) is 2.82. The zero-order valence-electron chi connectivity index (χ0n) is 10.2. The molecule has 0 aliphatic heterocycles. The number of nitrogens with one attached hydrogen (secondary N) is 1. The van der Waals surface area contributed by atoms with E-state index in [0.717, 1.165) is 10.7 Å². The van der Waals surface area contributed by atoms with Gasteiger partial charge in [-0.05, 0) is 0 Å². The summed E-state index contributed by atoms with van der Waals surface area (Å²) in [6, 6.07) is 1.20. The predicted octanol–water partition coefficient (Wildman–Crippen LogP) is 2.27. The summed E-state index contributed by atoms with van der Waals surface area (Å²) in [5, 5.41) is 7.33. The highest BCUT2D eigenvalue weighted by molar-refractivity contribution is 5.86. The molecule has 5 nitrogen and oxygen atoms in total. The molecule has 1 aromatic carbocycles. The summed E-state index contributed by atoms with van der Waals surface area (Å²) < 4.78 is 41.1. The van der Waals surface area contributed by atoms with E-state index >= 15 is 0 Å². The van der Waals surface area contributed by atoms with Crippen LogP contribution in [-0.2, 0) is 0 Å². The molecule has 0 atom stereocenters. The van der Waals surface area contributed by atoms with E-state index in [1.807, 2.05) is 0 Å². The highest BCUT2D eigenvalue weighted by Gasteiger charge is 2.16. The van der Waals surface area contributed by atoms with Gasteiger partial charge in [0.05, 0.1) is 11.6 Å². The number of rotatable bonds is 2. The molecule has 1 N–H and O–H groups in total. The maximum Gasteiger partial charge on any atom is 0.168 e. The van der Waals surface area contributed by atoms with Gasteiger partial charge in [-0.2, -0.15) is 5.10 Å². The fraction of sp³-hybridized carbons (Fsp3) is 0.0833. The maximum atomic E-state index is 13.8. The van der Waals surface area contributed by atoms with E-state index in [-0.39, 0.29) is 11.3 Å². The Labute approximate surface area is 111 Å². The zero-order valence-corrected chi connectivity index (χ0v) is 10.2. The molecular formula is C12H8F3N5. The SMILES string of the molecule is CNc1ncnc2c1cnn2-c1cc(F)c(F)cc1F. The number of hydrogen-bond acceptors (Lipinski definition) is 4. The van der Waals surface area contributed by atoms with E-state index in [2.05, 4.69) is 20.4 Å². The quantitative estimate of drug-likeness (QED) is 0.731. The van der Waals surface area contributed by atoms with Crippen molar-refractivity contribution in [3.8, 4) is 5.69 Å². The second kappa shape index (κ2) is 4.48. The molecule has 0 spiro atoms. The second-order valence-corrected chi connectivity index (χ2v) is 3.98. The summed E-state index contributed by atoms with van der Waals surface area (Å²) in [4.78, 5) is 7.97. The molecule has 0 saturated carbocycles. The van der Waals surface area contributed by atoms with Gasteiger partial charge in [-0.1, -0.05) is 0 Å². The van der Waals surface area contributed by atoms with E-state index < -0.39 is 17.5 Å². The fourth-order valence-electron chi connectivity index (χ4n) is 1.89. The third-order valence-electron chi connectivity index (χ3n) is 2.82. The molecule has 102 valence electrons. The Kier molecular flexibility index (Phi) is 2.78. The summed E-state index contributed by atoms with van der Waals surface area (Å²) in [5.74, 6) is -2.84. The molecule has 0 bridgehead atoms. The van der Waals surface area contributed by atoms with Crippen LogP contribution >= 0.6 is 0 Å². The monoisotopic (exact) mass is 279 g/mol. The zero-order chi connectivity index (χ0) is 14.3. The van der Waals surface area contributed by atoms with Crippen LogP contribution in [0.4, 0.5) is 19.0 Å². The Bertz CT molecular complexity index is 799. The summed E-state index contributed by atoms with van der Waals surface area (Å²) in [6.45, 7) is 0. The molecule has 0 aliphatic carbocycles. The first kappa shape index (κ1) is 12.4. The molecule has 20 heavy (non-hydrogen) atoms. The smallest absolute Gasteiger partial charge is 0.168 e. The maximum absolute atomic E-state index is 13.8. The lowest BCUT2D eigenvalue weighted by Gasteiger charge is -2.06. The normalized spacial score (nSPS) is 11.0. The molecule has 2 heterocycles. The number of aromatic nitrogens is 4. The van der Waals surface area contributed by atoms with E-state index in [0.29, 0.717) is 17.3 Å². The Morgan fingerprint density at radius 1 is 1.05 bits per heavy atom. The van der Waals surface area contributed by atoms with Gasteiger partial charge >= 0.3 is 0 Å². The van der Waals surface area contributed by atoms with Crippen LogP contribution in [0.2, 0.25) is 0 Å². The van der Waals surface area contributed by atoms with Crippen LogP contribution in [0.1, 0.15) is 0 Å². The van der Waals surface area contributed by atoms with Crippen LogP contribution in [0.3, 0.4) is 0 Å². The van der Waals surface area contributed by atoms with Crippen molar-refractivity contribution in [2.75, 3.05) is 12.4 Å². The largest absolute Gasteiger partial charge is 0.372 e. The minimum atomic E-state index is -1.26. The molecule has 0 unspecified atom stereocenters. The van der Waals surface area contributed by atoms with Gasteiger partial charge in [0.2, 0.25) is 0 Å². The number of hydrogen-bond donors (Lipinski definition) is 1. The summed E-state index contributed by atoms with van der Waals surface area (Å²) in [5.41, 5.74) is 0.0638. The van der Waals surface area contributed by atoms with Crippen molar-refractivity contribution in [3.63, 3.8) is 0 Å². The molecule has 0 fully saturated rings. The van der Waals surface area contributed by atoms with Crippen LogP contribution in [0.15, 0.2) is 24.7 Å². The standard InChI is InChI=1S/C12H8F3N5/c1-16-11-6-4-19-20(12(6)18-5-17-11)10-3-8(14)7(13)2-9(10)15/h2-5H,1H3,(H,16,17,18). The molecule has 0 aliphatic rings. The van der Waals surface area contributed by atoms with E-state index in [1.165, 1.54) is 12.5 Å². The summed E-state index contributed by atoms with van der Waals surface area (Å²) in [6.07, 6.45) is 2.69. The van der Waals surface area contributed by atoms with Crippen LogP contribution in [0, 0.1) is 17.5 Å². The lowest BCUT2D eigenvalue weighted by molar-refractivity contribution is 0.492. The number of benzene rings is 1. The lowest BCUT2D eigenvalue weighted by Crippen LogP contribution is -2.03. The summed E-state index contributed by atoms with van der Waals surface area (Å²) in [7, 11) is 1.66. The van der Waals surface area contributed by atoms with Gasteiger partial charge in [-0.15, -0.1) is 0 Å². The molecule has 3 aromatic rings. The van der Waals surface area contributed by atoms with Crippen molar-refractivity contribution in [2.45, 2.75) is 0 Å². The first-order chi connectivity index (χ1) is 9.61. The topological polar surface area (TPSA) is 55.6 Å². The Morgan fingerprint density at radius 3 is 2.55 bits per heavy atom. The minimum Gasteiger partial charge on any atom is -0.372 e. The van der Waals surface area contributed by atoms with Crippen molar-refractivity contribution < 1.29 is 13.2 Å². The second-order valence-electron chi connectivity index (χ2n) is 3.98. The highest BCUT2D eigenvalue weighted by Crippen LogP contribution is 2.23. The van der Waals surface area contributed by atoms with Crippen LogP contribution in [0.25, 0.3) is 16.7 Å². The molecule has 0 radical (unpaired) electrons. The van der Waals surface area contributed by atoms with Gasteiger partial charge in [-0.25, -0.2) is 27.8 Å². The fourth-order valence-corrected chi connectivity index (χ4v) is 1.89. The average molecular weight is 279 g/mol. The van der Waals surface area contributed by atoms with E-state index in [9.17, 15) is 13.2 Å². The van der Waals surface area contributed by atoms with Crippen LogP contribution in [-0.4, -0.2) is 26.8 Å². The van der Waals surface area contributed by atoms with Crippen LogP contribution in [0.5, 0.6) is 0 Å². The average Bonchev–Trinajstić information content (AvgIpc) is 2.86. The van der Waals surface area contributed by atoms with Gasteiger partial charge < -0.3 is 5.32 Å². The molecule has 8 heteroatoms. The Balaban J connectivity index is 2.28. The Hall–Kier alpha value is -2.64. The molecule has 2 aromatic heterocycles. The third kappa shape index (κ3) is 1.77. The van der Waals surface area contributed by atoms with Crippen molar-refractivity contribution in [3.05, 3.63) is 42.1 Å². The van der Waals surface area contributed by atoms with Gasteiger partial charge in [0.15, 0.2) is 23.1 Å². The van der Waals surface area contributed by atoms with E-state index in [4.69, 9.17) is 0 Å². The van der Waals surface area contributed by atoms with Gasteiger partial charge in [0.25, 0.3) is 0 Å². The first-order valence-electron chi connectivity index (χ1n) is 5.63. The highest BCUT2D eigenvalue weighted by atomic mass is 19.2. The number of halogens is 3. The summed E-state index contributed by atoms with van der Waals surface area (Å²) >= 11 is 0. The van der Waals surface area contributed by atoms with Crippen molar-refractivity contribution in [2.24, 2.45) is 0 Å². The van der Waals surface area contributed by atoms with Crippen molar-refractivity contribution >= 4 is 16.9 Å². The Morgan fingerprint density at radius 2 is 1.80 bits per heavy atom. The molecular weight excluding hydrogens is 271 g/mol. The van der Waals surface area contributed by atoms with Gasteiger partial charge in [0, 0.05) is 19.2 Å². The van der Waals surface area contributed by atoms with E-state index in [1.54, 1.807) is 7.05 Å².